The van der Waals surface area contributed by atoms with E-state index in [0.29, 0.717) is 12.2 Å². The summed E-state index contributed by atoms with van der Waals surface area (Å²) in [6.07, 6.45) is -0.707. The van der Waals surface area contributed by atoms with Crippen LogP contribution in [0, 0.1) is 6.92 Å². The minimum Gasteiger partial charge on any atom is -0.493 e. The molecule has 1 nitrogen and oxygen atoms in total. The van der Waals surface area contributed by atoms with Crippen LogP contribution in [-0.4, -0.2) is 6.61 Å². The maximum Gasteiger partial charge on any atom is 0.419 e. The molecular weight excluding hydrogens is 301 g/mol. The molecular formula is C19H21F3O. The first-order valence-electron chi connectivity index (χ1n) is 7.81. The molecule has 0 saturated heterocycles. The molecule has 0 atom stereocenters. The summed E-state index contributed by atoms with van der Waals surface area (Å²) in [5, 5.41) is 0. The fourth-order valence-corrected chi connectivity index (χ4v) is 2.43. The lowest BCUT2D eigenvalue weighted by molar-refractivity contribution is -0.139. The van der Waals surface area contributed by atoms with Crippen LogP contribution in [0.5, 0.6) is 5.75 Å². The van der Waals surface area contributed by atoms with Crippen molar-refractivity contribution in [2.75, 3.05) is 6.61 Å². The van der Waals surface area contributed by atoms with Crippen LogP contribution in [0.25, 0.3) is 0 Å². The minimum absolute atomic E-state index is 0.0776. The largest absolute Gasteiger partial charge is 0.493 e. The van der Waals surface area contributed by atoms with Crippen molar-refractivity contribution in [3.63, 3.8) is 0 Å². The molecule has 0 aromatic heterocycles. The van der Waals surface area contributed by atoms with Crippen LogP contribution in [0.15, 0.2) is 48.5 Å². The zero-order valence-electron chi connectivity index (χ0n) is 13.2. The minimum atomic E-state index is -4.38. The van der Waals surface area contributed by atoms with E-state index in [1.54, 1.807) is 13.0 Å². The molecule has 0 aliphatic rings. The van der Waals surface area contributed by atoms with Crippen molar-refractivity contribution >= 4 is 0 Å². The maximum absolute atomic E-state index is 13.0. The van der Waals surface area contributed by atoms with Crippen molar-refractivity contribution in [2.45, 2.75) is 38.8 Å². The van der Waals surface area contributed by atoms with E-state index in [1.165, 1.54) is 11.6 Å². The second kappa shape index (κ2) is 8.04. The van der Waals surface area contributed by atoms with Gasteiger partial charge in [-0.1, -0.05) is 42.0 Å². The number of ether oxygens (including phenoxy) is 1. The number of unbranched alkanes of at least 4 members (excludes halogenated alkanes) is 2. The molecule has 0 unspecified atom stereocenters. The Bertz CT molecular complexity index is 606. The Kier molecular flexibility index (Phi) is 6.08. The Balaban J connectivity index is 1.76. The number of hydrogen-bond donors (Lipinski definition) is 0. The summed E-state index contributed by atoms with van der Waals surface area (Å²) in [7, 11) is 0. The average Bonchev–Trinajstić information content (AvgIpc) is 2.52. The predicted octanol–water partition coefficient (Wildman–Crippen LogP) is 5.81. The second-order valence-electron chi connectivity index (χ2n) is 5.64. The number of hydrogen-bond acceptors (Lipinski definition) is 1. The number of benzene rings is 2. The summed E-state index contributed by atoms with van der Waals surface area (Å²) in [6.45, 7) is 1.95. The fraction of sp³-hybridized carbons (Fsp3) is 0.368. The highest BCUT2D eigenvalue weighted by Crippen LogP contribution is 2.36. The Morgan fingerprint density at radius 3 is 2.35 bits per heavy atom. The molecule has 0 heterocycles. The van der Waals surface area contributed by atoms with Gasteiger partial charge in [0.05, 0.1) is 12.2 Å². The molecule has 4 heteroatoms. The Hall–Kier alpha value is -1.97. The fourth-order valence-electron chi connectivity index (χ4n) is 2.43. The van der Waals surface area contributed by atoms with Gasteiger partial charge in [0.2, 0.25) is 0 Å². The third-order valence-electron chi connectivity index (χ3n) is 3.65. The predicted molar refractivity (Wildman–Crippen MR) is 85.7 cm³/mol. The van der Waals surface area contributed by atoms with E-state index in [4.69, 9.17) is 4.74 Å². The Morgan fingerprint density at radius 1 is 0.913 bits per heavy atom. The lowest BCUT2D eigenvalue weighted by Crippen LogP contribution is -2.09. The van der Waals surface area contributed by atoms with E-state index in [-0.39, 0.29) is 5.75 Å². The van der Waals surface area contributed by atoms with Gasteiger partial charge in [0, 0.05) is 0 Å². The Morgan fingerprint density at radius 2 is 1.65 bits per heavy atom. The molecule has 0 N–H and O–H groups in total. The monoisotopic (exact) mass is 322 g/mol. The lowest BCUT2D eigenvalue weighted by Gasteiger charge is -2.14. The van der Waals surface area contributed by atoms with Crippen molar-refractivity contribution in [1.29, 1.82) is 0 Å². The topological polar surface area (TPSA) is 9.23 Å². The van der Waals surface area contributed by atoms with Gasteiger partial charge < -0.3 is 4.74 Å². The quantitative estimate of drug-likeness (QED) is 0.585. The number of aryl methyl sites for hydroxylation is 2. The number of rotatable bonds is 7. The highest BCUT2D eigenvalue weighted by atomic mass is 19.4. The molecule has 0 aliphatic carbocycles. The van der Waals surface area contributed by atoms with Gasteiger partial charge in [0.25, 0.3) is 0 Å². The van der Waals surface area contributed by atoms with Gasteiger partial charge in [0.15, 0.2) is 0 Å². The van der Waals surface area contributed by atoms with E-state index < -0.39 is 11.7 Å². The molecule has 0 aliphatic heterocycles. The van der Waals surface area contributed by atoms with Crippen molar-refractivity contribution < 1.29 is 17.9 Å². The molecule has 2 rings (SSSR count). The summed E-state index contributed by atoms with van der Waals surface area (Å²) < 4.78 is 44.2. The summed E-state index contributed by atoms with van der Waals surface area (Å²) in [6, 6.07) is 14.3. The van der Waals surface area contributed by atoms with Crippen molar-refractivity contribution in [3.05, 3.63) is 65.2 Å². The van der Waals surface area contributed by atoms with Gasteiger partial charge in [-0.15, -0.1) is 0 Å². The van der Waals surface area contributed by atoms with Crippen LogP contribution in [0.3, 0.4) is 0 Å². The number of alkyl halides is 3. The van der Waals surface area contributed by atoms with E-state index in [9.17, 15) is 13.2 Å². The molecule has 0 bridgehead atoms. The van der Waals surface area contributed by atoms with Crippen LogP contribution in [0.1, 0.15) is 36.0 Å². The average molecular weight is 322 g/mol. The van der Waals surface area contributed by atoms with Crippen molar-refractivity contribution in [1.82, 2.24) is 0 Å². The van der Waals surface area contributed by atoms with Crippen molar-refractivity contribution in [3.8, 4) is 5.75 Å². The molecule has 124 valence electrons. The van der Waals surface area contributed by atoms with Crippen LogP contribution in [-0.2, 0) is 12.6 Å². The van der Waals surface area contributed by atoms with Gasteiger partial charge in [-0.3, -0.25) is 0 Å². The highest BCUT2D eigenvalue weighted by Gasteiger charge is 2.34. The summed E-state index contributed by atoms with van der Waals surface area (Å²) in [5.74, 6) is -0.0776. The summed E-state index contributed by atoms with van der Waals surface area (Å²) in [4.78, 5) is 0. The zero-order chi connectivity index (χ0) is 16.7. The molecule has 0 amide bonds. The second-order valence-corrected chi connectivity index (χ2v) is 5.64. The first kappa shape index (κ1) is 17.4. The smallest absolute Gasteiger partial charge is 0.419 e. The third kappa shape index (κ3) is 5.62. The van der Waals surface area contributed by atoms with Crippen LogP contribution < -0.4 is 4.74 Å². The van der Waals surface area contributed by atoms with Crippen LogP contribution in [0.2, 0.25) is 0 Å². The summed E-state index contributed by atoms with van der Waals surface area (Å²) >= 11 is 0. The molecule has 2 aromatic rings. The standard InChI is InChI=1S/C19H21F3O/c1-15-11-12-18(17(14-15)19(20,21)22)23-13-7-3-6-10-16-8-4-2-5-9-16/h2,4-5,8-9,11-12,14H,3,6-7,10,13H2,1H3. The van der Waals surface area contributed by atoms with Crippen LogP contribution >= 0.6 is 0 Å². The molecule has 0 saturated carbocycles. The maximum atomic E-state index is 13.0. The first-order chi connectivity index (χ1) is 11.0. The SMILES string of the molecule is Cc1ccc(OCCCCCc2ccccc2)c(C(F)(F)F)c1. The molecule has 0 fully saturated rings. The van der Waals surface area contributed by atoms with E-state index in [1.807, 2.05) is 18.2 Å². The first-order valence-corrected chi connectivity index (χ1v) is 7.81. The van der Waals surface area contributed by atoms with Crippen molar-refractivity contribution in [2.24, 2.45) is 0 Å². The molecule has 23 heavy (non-hydrogen) atoms. The van der Waals surface area contributed by atoms with Crippen LogP contribution in [0.4, 0.5) is 13.2 Å². The van der Waals surface area contributed by atoms with Gasteiger partial charge in [-0.25, -0.2) is 0 Å². The summed E-state index contributed by atoms with van der Waals surface area (Å²) in [5.41, 5.74) is 1.17. The van der Waals surface area contributed by atoms with Gasteiger partial charge in [0.1, 0.15) is 5.75 Å². The lowest BCUT2D eigenvalue weighted by atomic mass is 10.1. The zero-order valence-corrected chi connectivity index (χ0v) is 13.2. The molecule has 0 radical (unpaired) electrons. The van der Waals surface area contributed by atoms with Gasteiger partial charge >= 0.3 is 6.18 Å². The highest BCUT2D eigenvalue weighted by molar-refractivity contribution is 5.38. The van der Waals surface area contributed by atoms with E-state index in [2.05, 4.69) is 12.1 Å². The van der Waals surface area contributed by atoms with E-state index >= 15 is 0 Å². The van der Waals surface area contributed by atoms with Gasteiger partial charge in [-0.05, 0) is 50.3 Å². The van der Waals surface area contributed by atoms with Gasteiger partial charge in [-0.2, -0.15) is 13.2 Å². The normalized spacial score (nSPS) is 11.5. The molecule has 2 aromatic carbocycles. The molecule has 0 spiro atoms. The Labute approximate surface area is 135 Å². The third-order valence-corrected chi connectivity index (χ3v) is 3.65. The van der Waals surface area contributed by atoms with E-state index in [0.717, 1.165) is 31.7 Å². The number of halogens is 3.